The molecule has 3 aromatic rings. The van der Waals surface area contributed by atoms with Crippen molar-refractivity contribution in [2.45, 2.75) is 0 Å². The van der Waals surface area contributed by atoms with Gasteiger partial charge in [0.25, 0.3) is 0 Å². The van der Waals surface area contributed by atoms with Crippen LogP contribution < -0.4 is 10.1 Å². The number of thiophene rings is 1. The highest BCUT2D eigenvalue weighted by atomic mass is 32.1. The molecule has 1 amide bonds. The second-order valence-electron chi connectivity index (χ2n) is 5.19. The maximum absolute atomic E-state index is 11.6. The molecule has 1 N–H and O–H groups in total. The molecule has 0 atom stereocenters. The predicted molar refractivity (Wildman–Crippen MR) is 104 cm³/mol. The van der Waals surface area contributed by atoms with Crippen molar-refractivity contribution in [1.29, 1.82) is 0 Å². The van der Waals surface area contributed by atoms with E-state index in [1.165, 1.54) is 6.08 Å². The van der Waals surface area contributed by atoms with Crippen LogP contribution in [-0.2, 0) is 4.79 Å². The first-order chi connectivity index (χ1) is 12.3. The van der Waals surface area contributed by atoms with Crippen LogP contribution in [0.3, 0.4) is 0 Å². The molecule has 0 aliphatic rings. The van der Waals surface area contributed by atoms with Crippen LogP contribution in [0.25, 0.3) is 16.8 Å². The fourth-order valence-electron chi connectivity index (χ4n) is 2.28. The lowest BCUT2D eigenvalue weighted by Gasteiger charge is -2.06. The molecule has 25 heavy (non-hydrogen) atoms. The summed E-state index contributed by atoms with van der Waals surface area (Å²) in [6.07, 6.45) is 3.30. The van der Waals surface area contributed by atoms with E-state index in [1.54, 1.807) is 17.4 Å². The molecule has 3 rings (SSSR count). The van der Waals surface area contributed by atoms with Gasteiger partial charge in [0.05, 0.1) is 6.54 Å². The predicted octanol–water partition coefficient (Wildman–Crippen LogP) is 4.11. The molecule has 0 aliphatic carbocycles. The molecule has 0 aliphatic heterocycles. The number of hydrogen-bond acceptors (Lipinski definition) is 3. The maximum Gasteiger partial charge on any atom is 0.244 e. The van der Waals surface area contributed by atoms with E-state index < -0.39 is 0 Å². The van der Waals surface area contributed by atoms with Gasteiger partial charge in [-0.25, -0.2) is 0 Å². The molecular weight excluding hydrogens is 330 g/mol. The van der Waals surface area contributed by atoms with Gasteiger partial charge in [-0.3, -0.25) is 4.79 Å². The van der Waals surface area contributed by atoms with Crippen LogP contribution in [0.4, 0.5) is 0 Å². The standard InChI is InChI=1S/C21H17NO2S/c23-21(13-12-18-9-6-16-25-18)22-14-3-4-15-24-20-11-5-8-17-7-1-2-10-19(17)20/h1-2,5-13,16H,14-15H2,(H,22,23)/b13-12+. The van der Waals surface area contributed by atoms with Gasteiger partial charge in [0, 0.05) is 16.3 Å². The molecule has 3 nitrogen and oxygen atoms in total. The van der Waals surface area contributed by atoms with Gasteiger partial charge in [-0.05, 0) is 29.0 Å². The largest absolute Gasteiger partial charge is 0.480 e. The Kier molecular flexibility index (Phi) is 5.86. The van der Waals surface area contributed by atoms with E-state index in [4.69, 9.17) is 4.74 Å². The quantitative estimate of drug-likeness (QED) is 0.557. The third-order valence-corrected chi connectivity index (χ3v) is 4.31. The van der Waals surface area contributed by atoms with E-state index in [0.717, 1.165) is 21.4 Å². The highest BCUT2D eigenvalue weighted by Crippen LogP contribution is 2.24. The van der Waals surface area contributed by atoms with E-state index in [9.17, 15) is 4.79 Å². The number of nitrogens with one attached hydrogen (secondary N) is 1. The minimum atomic E-state index is -0.155. The van der Waals surface area contributed by atoms with Gasteiger partial charge >= 0.3 is 0 Å². The lowest BCUT2D eigenvalue weighted by molar-refractivity contribution is -0.116. The van der Waals surface area contributed by atoms with Crippen LogP contribution in [0.2, 0.25) is 0 Å². The van der Waals surface area contributed by atoms with Crippen molar-refractivity contribution in [3.8, 4) is 17.6 Å². The van der Waals surface area contributed by atoms with Gasteiger partial charge in [0.15, 0.2) is 0 Å². The number of carbonyl (C=O) groups is 1. The lowest BCUT2D eigenvalue weighted by atomic mass is 10.1. The van der Waals surface area contributed by atoms with Crippen LogP contribution in [-0.4, -0.2) is 19.1 Å². The highest BCUT2D eigenvalue weighted by Gasteiger charge is 1.99. The fraction of sp³-hybridized carbons (Fsp3) is 0.0952. The molecule has 0 saturated heterocycles. The van der Waals surface area contributed by atoms with E-state index in [2.05, 4.69) is 17.2 Å². The van der Waals surface area contributed by atoms with Crippen LogP contribution in [0.1, 0.15) is 4.88 Å². The monoisotopic (exact) mass is 347 g/mol. The van der Waals surface area contributed by atoms with Crippen LogP contribution in [0.15, 0.2) is 66.1 Å². The van der Waals surface area contributed by atoms with E-state index in [1.807, 2.05) is 60.0 Å². The Labute approximate surface area is 150 Å². The van der Waals surface area contributed by atoms with Crippen molar-refractivity contribution in [3.05, 3.63) is 70.9 Å². The molecule has 2 aromatic carbocycles. The molecule has 4 heteroatoms. The van der Waals surface area contributed by atoms with Gasteiger partial charge in [0.1, 0.15) is 12.4 Å². The Balaban J connectivity index is 1.44. The van der Waals surface area contributed by atoms with Gasteiger partial charge in [-0.15, -0.1) is 11.3 Å². The summed E-state index contributed by atoms with van der Waals surface area (Å²) in [5, 5.41) is 6.90. The van der Waals surface area contributed by atoms with Crippen molar-refractivity contribution < 1.29 is 9.53 Å². The molecule has 124 valence electrons. The number of carbonyl (C=O) groups excluding carboxylic acids is 1. The zero-order chi connectivity index (χ0) is 17.3. The van der Waals surface area contributed by atoms with Crippen LogP contribution in [0, 0.1) is 11.8 Å². The fourth-order valence-corrected chi connectivity index (χ4v) is 2.90. The minimum Gasteiger partial charge on any atom is -0.480 e. The molecule has 1 heterocycles. The Morgan fingerprint density at radius 2 is 1.96 bits per heavy atom. The Morgan fingerprint density at radius 1 is 1.08 bits per heavy atom. The van der Waals surface area contributed by atoms with E-state index in [0.29, 0.717) is 6.54 Å². The van der Waals surface area contributed by atoms with Gasteiger partial charge in [-0.2, -0.15) is 0 Å². The summed E-state index contributed by atoms with van der Waals surface area (Å²) in [5.41, 5.74) is 0. The number of ether oxygens (including phenoxy) is 1. The third-order valence-electron chi connectivity index (χ3n) is 3.47. The lowest BCUT2D eigenvalue weighted by Crippen LogP contribution is -2.21. The molecule has 0 radical (unpaired) electrons. The number of fused-ring (bicyclic) bond motifs is 1. The van der Waals surface area contributed by atoms with Crippen LogP contribution >= 0.6 is 11.3 Å². The van der Waals surface area contributed by atoms with E-state index >= 15 is 0 Å². The van der Waals surface area contributed by atoms with Crippen molar-refractivity contribution in [2.24, 2.45) is 0 Å². The summed E-state index contributed by atoms with van der Waals surface area (Å²) >= 11 is 1.59. The summed E-state index contributed by atoms with van der Waals surface area (Å²) in [6, 6.07) is 17.9. The van der Waals surface area contributed by atoms with Gasteiger partial charge < -0.3 is 10.1 Å². The second-order valence-corrected chi connectivity index (χ2v) is 6.17. The number of rotatable bonds is 5. The van der Waals surface area contributed by atoms with Crippen molar-refractivity contribution in [2.75, 3.05) is 13.2 Å². The summed E-state index contributed by atoms with van der Waals surface area (Å²) < 4.78 is 5.72. The number of hydrogen-bond donors (Lipinski definition) is 1. The molecule has 0 unspecified atom stereocenters. The third kappa shape index (κ3) is 4.97. The van der Waals surface area contributed by atoms with Crippen molar-refractivity contribution >= 4 is 34.1 Å². The first-order valence-corrected chi connectivity index (χ1v) is 8.76. The van der Waals surface area contributed by atoms with Crippen LogP contribution in [0.5, 0.6) is 5.75 Å². The summed E-state index contributed by atoms with van der Waals surface area (Å²) in [6.45, 7) is 0.585. The Bertz CT molecular complexity index is 928. The number of amides is 1. The second kappa shape index (κ2) is 8.72. The molecule has 0 spiro atoms. The average molecular weight is 347 g/mol. The van der Waals surface area contributed by atoms with Crippen molar-refractivity contribution in [3.63, 3.8) is 0 Å². The first kappa shape index (κ1) is 16.8. The number of benzene rings is 2. The smallest absolute Gasteiger partial charge is 0.244 e. The zero-order valence-electron chi connectivity index (χ0n) is 13.6. The zero-order valence-corrected chi connectivity index (χ0v) is 14.4. The SMILES string of the molecule is O=C(/C=C/c1cccs1)NCC#CCOc1cccc2ccccc12. The summed E-state index contributed by atoms with van der Waals surface area (Å²) in [5.74, 6) is 6.46. The molecule has 0 saturated carbocycles. The van der Waals surface area contributed by atoms with Gasteiger partial charge in [-0.1, -0.05) is 54.3 Å². The average Bonchev–Trinajstić information content (AvgIpc) is 3.16. The van der Waals surface area contributed by atoms with Gasteiger partial charge in [0.2, 0.25) is 5.91 Å². The summed E-state index contributed by atoms with van der Waals surface area (Å²) in [7, 11) is 0. The Hall–Kier alpha value is -3.03. The molecular formula is C21H17NO2S. The topological polar surface area (TPSA) is 38.3 Å². The first-order valence-electron chi connectivity index (χ1n) is 7.88. The van der Waals surface area contributed by atoms with Crippen molar-refractivity contribution in [1.82, 2.24) is 5.32 Å². The Morgan fingerprint density at radius 3 is 2.84 bits per heavy atom. The minimum absolute atomic E-state index is 0.155. The van der Waals surface area contributed by atoms with E-state index in [-0.39, 0.29) is 12.5 Å². The molecule has 0 fully saturated rings. The molecule has 1 aromatic heterocycles. The normalized spacial score (nSPS) is 10.4. The maximum atomic E-state index is 11.6. The summed E-state index contributed by atoms with van der Waals surface area (Å²) in [4.78, 5) is 12.7. The highest BCUT2D eigenvalue weighted by molar-refractivity contribution is 7.10. The molecule has 0 bridgehead atoms.